The molecule has 7 nitrogen and oxygen atoms in total. The van der Waals surface area contributed by atoms with Gasteiger partial charge in [-0.1, -0.05) is 11.6 Å². The van der Waals surface area contributed by atoms with Crippen LogP contribution in [0.5, 0.6) is 0 Å². The van der Waals surface area contributed by atoms with E-state index in [4.69, 9.17) is 5.73 Å². The maximum atomic E-state index is 13.2. The Kier molecular flexibility index (Phi) is 4.66. The monoisotopic (exact) mass is 390 g/mol. The summed E-state index contributed by atoms with van der Waals surface area (Å²) >= 11 is 0. The number of H-pyrrole nitrogens is 1. The highest BCUT2D eigenvalue weighted by molar-refractivity contribution is 6.06. The van der Waals surface area contributed by atoms with E-state index in [-0.39, 0.29) is 17.5 Å². The second-order valence-electron chi connectivity index (χ2n) is 7.56. The molecule has 0 bridgehead atoms. The topological polar surface area (TPSA) is 118 Å². The van der Waals surface area contributed by atoms with Crippen LogP contribution < -0.4 is 16.6 Å². The summed E-state index contributed by atoms with van der Waals surface area (Å²) in [6.45, 7) is 3.83. The van der Waals surface area contributed by atoms with Gasteiger partial charge in [-0.05, 0) is 62.9 Å². The number of nitrogens with two attached hydrogens (primary N) is 1. The lowest BCUT2D eigenvalue weighted by molar-refractivity contribution is 0.0933. The molecule has 1 aromatic carbocycles. The van der Waals surface area contributed by atoms with Gasteiger partial charge in [0.1, 0.15) is 5.56 Å². The van der Waals surface area contributed by atoms with Gasteiger partial charge < -0.3 is 16.0 Å². The van der Waals surface area contributed by atoms with Gasteiger partial charge in [-0.15, -0.1) is 0 Å². The van der Waals surface area contributed by atoms with Crippen LogP contribution >= 0.6 is 0 Å². The van der Waals surface area contributed by atoms with Gasteiger partial charge in [0.2, 0.25) is 0 Å². The second kappa shape index (κ2) is 7.16. The molecule has 2 aromatic heterocycles. The molecule has 0 saturated carbocycles. The number of benzene rings is 1. The number of aryl methyl sites for hydroxylation is 3. The normalized spacial score (nSPS) is 15.7. The molecule has 1 atom stereocenters. The number of primary amides is 1. The number of fused-ring (bicyclic) bond motifs is 2. The number of hydrogen-bond donors (Lipinski definition) is 3. The van der Waals surface area contributed by atoms with E-state index in [1.165, 1.54) is 6.07 Å². The first-order chi connectivity index (χ1) is 13.8. The zero-order chi connectivity index (χ0) is 20.7. The smallest absolute Gasteiger partial charge is 0.261 e. The molecule has 0 fully saturated rings. The van der Waals surface area contributed by atoms with Gasteiger partial charge in [-0.25, -0.2) is 0 Å². The number of amides is 2. The zero-order valence-corrected chi connectivity index (χ0v) is 16.3. The standard InChI is InChI=1S/C22H22N4O3/c1-11-6-7-19-13(8-11)14(9-12(2)24-19)21(28)25-17-4-3-5-18-15(17)10-16(20(23)27)22(29)26-18/h6-10,17H,3-5H2,1-2H3,(H2,23,27)(H,25,28)(H,26,29). The molecule has 4 rings (SSSR count). The summed E-state index contributed by atoms with van der Waals surface area (Å²) in [4.78, 5) is 44.1. The summed E-state index contributed by atoms with van der Waals surface area (Å²) in [6, 6.07) is 8.82. The lowest BCUT2D eigenvalue weighted by Gasteiger charge is -2.26. The van der Waals surface area contributed by atoms with E-state index in [1.807, 2.05) is 32.0 Å². The minimum absolute atomic E-state index is 0.0919. The van der Waals surface area contributed by atoms with Crippen molar-refractivity contribution in [3.05, 3.63) is 74.3 Å². The Morgan fingerprint density at radius 3 is 2.72 bits per heavy atom. The molecular weight excluding hydrogens is 368 g/mol. The number of hydrogen-bond acceptors (Lipinski definition) is 4. The molecule has 2 amide bonds. The number of aromatic amines is 1. The number of rotatable bonds is 3. The van der Waals surface area contributed by atoms with Crippen molar-refractivity contribution in [3.63, 3.8) is 0 Å². The van der Waals surface area contributed by atoms with E-state index in [9.17, 15) is 14.4 Å². The van der Waals surface area contributed by atoms with Crippen LogP contribution in [-0.2, 0) is 6.42 Å². The fourth-order valence-electron chi connectivity index (χ4n) is 3.97. The fraction of sp³-hybridized carbons (Fsp3) is 0.273. The second-order valence-corrected chi connectivity index (χ2v) is 7.56. The number of carbonyl (C=O) groups is 2. The molecule has 0 saturated heterocycles. The molecule has 0 spiro atoms. The van der Waals surface area contributed by atoms with Crippen LogP contribution in [-0.4, -0.2) is 21.8 Å². The van der Waals surface area contributed by atoms with Crippen molar-refractivity contribution in [2.75, 3.05) is 0 Å². The van der Waals surface area contributed by atoms with Crippen LogP contribution in [0.2, 0.25) is 0 Å². The molecule has 148 valence electrons. The van der Waals surface area contributed by atoms with Crippen molar-refractivity contribution in [2.45, 2.75) is 39.2 Å². The predicted molar refractivity (Wildman–Crippen MR) is 110 cm³/mol. The van der Waals surface area contributed by atoms with Crippen LogP contribution in [0.15, 0.2) is 35.1 Å². The number of pyridine rings is 2. The first kappa shape index (κ1) is 18.9. The summed E-state index contributed by atoms with van der Waals surface area (Å²) in [6.07, 6.45) is 2.22. The molecule has 29 heavy (non-hydrogen) atoms. The number of nitrogens with zero attached hydrogens (tertiary/aromatic N) is 1. The van der Waals surface area contributed by atoms with E-state index in [0.29, 0.717) is 18.4 Å². The van der Waals surface area contributed by atoms with Crippen LogP contribution in [0, 0.1) is 13.8 Å². The van der Waals surface area contributed by atoms with Gasteiger partial charge in [-0.2, -0.15) is 0 Å². The molecule has 3 aromatic rings. The van der Waals surface area contributed by atoms with E-state index >= 15 is 0 Å². The summed E-state index contributed by atoms with van der Waals surface area (Å²) in [5.41, 5.74) is 9.35. The van der Waals surface area contributed by atoms with Crippen molar-refractivity contribution >= 4 is 22.7 Å². The Labute approximate surface area is 167 Å². The van der Waals surface area contributed by atoms with Gasteiger partial charge in [0.25, 0.3) is 17.4 Å². The lowest BCUT2D eigenvalue weighted by Crippen LogP contribution is -2.34. The Balaban J connectivity index is 1.73. The molecule has 1 aliphatic rings. The largest absolute Gasteiger partial charge is 0.365 e. The predicted octanol–water partition coefficient (Wildman–Crippen LogP) is 2.45. The molecule has 7 heteroatoms. The van der Waals surface area contributed by atoms with Crippen LogP contribution in [0.25, 0.3) is 10.9 Å². The molecule has 0 aliphatic heterocycles. The average molecular weight is 390 g/mol. The minimum atomic E-state index is -0.782. The van der Waals surface area contributed by atoms with Gasteiger partial charge in [0.15, 0.2) is 0 Å². The third kappa shape index (κ3) is 3.51. The van der Waals surface area contributed by atoms with Gasteiger partial charge in [-0.3, -0.25) is 19.4 Å². The third-order valence-corrected chi connectivity index (χ3v) is 5.36. The van der Waals surface area contributed by atoms with Crippen molar-refractivity contribution in [2.24, 2.45) is 5.73 Å². The highest BCUT2D eigenvalue weighted by Crippen LogP contribution is 2.29. The minimum Gasteiger partial charge on any atom is -0.365 e. The van der Waals surface area contributed by atoms with Crippen LogP contribution in [0.4, 0.5) is 0 Å². The Morgan fingerprint density at radius 1 is 1.17 bits per heavy atom. The Hall–Kier alpha value is -3.48. The van der Waals surface area contributed by atoms with Crippen LogP contribution in [0.3, 0.4) is 0 Å². The van der Waals surface area contributed by atoms with Gasteiger partial charge >= 0.3 is 0 Å². The van der Waals surface area contributed by atoms with Crippen molar-refractivity contribution < 1.29 is 9.59 Å². The molecule has 1 aliphatic carbocycles. The molecular formula is C22H22N4O3. The Morgan fingerprint density at radius 2 is 1.97 bits per heavy atom. The highest BCUT2D eigenvalue weighted by Gasteiger charge is 2.26. The van der Waals surface area contributed by atoms with E-state index in [2.05, 4.69) is 15.3 Å². The van der Waals surface area contributed by atoms with E-state index < -0.39 is 11.5 Å². The van der Waals surface area contributed by atoms with Crippen molar-refractivity contribution in [1.82, 2.24) is 15.3 Å². The molecule has 2 heterocycles. The average Bonchev–Trinajstić information content (AvgIpc) is 2.67. The van der Waals surface area contributed by atoms with Gasteiger partial charge in [0, 0.05) is 16.8 Å². The number of carbonyl (C=O) groups excluding carboxylic acids is 2. The highest BCUT2D eigenvalue weighted by atomic mass is 16.2. The maximum absolute atomic E-state index is 13.2. The van der Waals surface area contributed by atoms with E-state index in [1.54, 1.807) is 6.07 Å². The third-order valence-electron chi connectivity index (χ3n) is 5.36. The Bertz CT molecular complexity index is 1210. The first-order valence-corrected chi connectivity index (χ1v) is 9.58. The fourth-order valence-corrected chi connectivity index (χ4v) is 3.97. The summed E-state index contributed by atoms with van der Waals surface area (Å²) in [7, 11) is 0. The lowest BCUT2D eigenvalue weighted by atomic mass is 9.90. The quantitative estimate of drug-likeness (QED) is 0.636. The SMILES string of the molecule is Cc1ccc2nc(C)cc(C(=O)NC3CCCc4[nH]c(=O)c(C(N)=O)cc43)c2c1. The molecule has 0 radical (unpaired) electrons. The zero-order valence-electron chi connectivity index (χ0n) is 16.3. The molecule has 1 unspecified atom stereocenters. The number of nitrogens with one attached hydrogen (secondary N) is 2. The molecule has 4 N–H and O–H groups in total. The summed E-state index contributed by atoms with van der Waals surface area (Å²) in [5.74, 6) is -0.994. The summed E-state index contributed by atoms with van der Waals surface area (Å²) < 4.78 is 0. The number of aromatic nitrogens is 2. The first-order valence-electron chi connectivity index (χ1n) is 9.58. The van der Waals surface area contributed by atoms with Gasteiger partial charge in [0.05, 0.1) is 17.1 Å². The van der Waals surface area contributed by atoms with Crippen molar-refractivity contribution in [1.29, 1.82) is 0 Å². The van der Waals surface area contributed by atoms with Crippen molar-refractivity contribution in [3.8, 4) is 0 Å². The van der Waals surface area contributed by atoms with Crippen LogP contribution in [0.1, 0.15) is 62.1 Å². The summed E-state index contributed by atoms with van der Waals surface area (Å²) in [5, 5.41) is 3.87. The van der Waals surface area contributed by atoms with E-state index in [0.717, 1.165) is 39.8 Å². The maximum Gasteiger partial charge on any atom is 0.261 e.